The minimum Gasteiger partial charge on any atom is -0.485 e. The molecule has 0 bridgehead atoms. The number of aromatic nitrogens is 6. The fourth-order valence-corrected chi connectivity index (χ4v) is 3.24. The predicted molar refractivity (Wildman–Crippen MR) is 106 cm³/mol. The molecule has 2 aromatic carbocycles. The summed E-state index contributed by atoms with van der Waals surface area (Å²) in [5, 5.41) is 9.84. The molecular formula is C21H18N6O. The molecule has 0 amide bonds. The van der Waals surface area contributed by atoms with Gasteiger partial charge in [-0.2, -0.15) is 5.10 Å². The van der Waals surface area contributed by atoms with Gasteiger partial charge in [0.2, 0.25) is 0 Å². The number of aryl methyl sites for hydroxylation is 2. The van der Waals surface area contributed by atoms with E-state index in [1.165, 1.54) is 5.56 Å². The lowest BCUT2D eigenvalue weighted by Crippen LogP contribution is -2.00. The lowest BCUT2D eigenvalue weighted by Gasteiger charge is -2.05. The van der Waals surface area contributed by atoms with Crippen LogP contribution in [0.15, 0.2) is 61.1 Å². The molecule has 3 heterocycles. The zero-order valence-corrected chi connectivity index (χ0v) is 15.6. The maximum Gasteiger partial charge on any atom is 0.189 e. The summed E-state index contributed by atoms with van der Waals surface area (Å²) in [5.41, 5.74) is 4.67. The molecule has 0 saturated carbocycles. The summed E-state index contributed by atoms with van der Waals surface area (Å²) in [5.74, 6) is 1.43. The average Bonchev–Trinajstić information content (AvgIpc) is 3.31. The molecule has 3 aromatic heterocycles. The summed E-state index contributed by atoms with van der Waals surface area (Å²) in [6, 6.07) is 16.0. The molecule has 0 radical (unpaired) electrons. The minimum atomic E-state index is 0.292. The van der Waals surface area contributed by atoms with Crippen LogP contribution in [0.1, 0.15) is 17.0 Å². The minimum absolute atomic E-state index is 0.292. The second kappa shape index (κ2) is 6.45. The molecule has 7 heteroatoms. The summed E-state index contributed by atoms with van der Waals surface area (Å²) in [6.07, 6.45) is 3.44. The maximum absolute atomic E-state index is 5.87. The van der Waals surface area contributed by atoms with Gasteiger partial charge in [0.15, 0.2) is 17.1 Å². The van der Waals surface area contributed by atoms with Crippen molar-refractivity contribution in [2.75, 3.05) is 0 Å². The van der Waals surface area contributed by atoms with E-state index in [9.17, 15) is 0 Å². The van der Waals surface area contributed by atoms with Crippen molar-refractivity contribution >= 4 is 16.7 Å². The molecule has 0 N–H and O–H groups in total. The molecule has 7 nitrogen and oxygen atoms in total. The summed E-state index contributed by atoms with van der Waals surface area (Å²) in [4.78, 5) is 9.18. The Labute approximate surface area is 161 Å². The lowest BCUT2D eigenvalue weighted by molar-refractivity contribution is 0.294. The molecule has 28 heavy (non-hydrogen) atoms. The third-order valence-electron chi connectivity index (χ3n) is 4.65. The number of fused-ring (bicyclic) bond motifs is 3. The number of benzene rings is 2. The number of para-hydroxylation sites is 1. The number of nitrogens with zero attached hydrogens (tertiary/aromatic N) is 6. The van der Waals surface area contributed by atoms with Gasteiger partial charge in [0.1, 0.15) is 18.7 Å². The van der Waals surface area contributed by atoms with E-state index in [1.54, 1.807) is 17.0 Å². The molecule has 0 spiro atoms. The third kappa shape index (κ3) is 2.77. The summed E-state index contributed by atoms with van der Waals surface area (Å²) in [7, 11) is 0. The fraction of sp³-hybridized carbons (Fsp3) is 0.143. The van der Waals surface area contributed by atoms with Gasteiger partial charge >= 0.3 is 0 Å². The molecule has 0 saturated heterocycles. The van der Waals surface area contributed by atoms with Crippen LogP contribution in [0.5, 0.6) is 5.75 Å². The molecule has 138 valence electrons. The number of hydrogen-bond donors (Lipinski definition) is 0. The Morgan fingerprint density at radius 3 is 2.75 bits per heavy atom. The van der Waals surface area contributed by atoms with Crippen molar-refractivity contribution in [1.29, 1.82) is 0 Å². The van der Waals surface area contributed by atoms with Gasteiger partial charge in [-0.1, -0.05) is 30.3 Å². The Balaban J connectivity index is 1.51. The predicted octanol–water partition coefficient (Wildman–Crippen LogP) is 3.66. The number of hydrogen-bond acceptors (Lipinski definition) is 5. The third-order valence-corrected chi connectivity index (χ3v) is 4.65. The Morgan fingerprint density at radius 1 is 1.00 bits per heavy atom. The molecule has 0 aliphatic carbocycles. The molecule has 0 atom stereocenters. The van der Waals surface area contributed by atoms with Crippen LogP contribution in [-0.4, -0.2) is 29.4 Å². The highest BCUT2D eigenvalue weighted by Gasteiger charge is 2.14. The summed E-state index contributed by atoms with van der Waals surface area (Å²) < 4.78 is 9.36. The normalized spacial score (nSPS) is 11.4. The second-order valence-electron chi connectivity index (χ2n) is 6.73. The summed E-state index contributed by atoms with van der Waals surface area (Å²) >= 11 is 0. The first-order valence-electron chi connectivity index (χ1n) is 9.02. The summed E-state index contributed by atoms with van der Waals surface area (Å²) in [6.45, 7) is 4.36. The van der Waals surface area contributed by atoms with Gasteiger partial charge in [0, 0.05) is 0 Å². The van der Waals surface area contributed by atoms with Gasteiger partial charge in [-0.3, -0.25) is 0 Å². The van der Waals surface area contributed by atoms with Crippen LogP contribution >= 0.6 is 0 Å². The maximum atomic E-state index is 5.87. The van der Waals surface area contributed by atoms with Gasteiger partial charge < -0.3 is 4.74 Å². The smallest absolute Gasteiger partial charge is 0.189 e. The van der Waals surface area contributed by atoms with Crippen LogP contribution in [0.3, 0.4) is 0 Å². The van der Waals surface area contributed by atoms with E-state index in [0.29, 0.717) is 18.1 Å². The van der Waals surface area contributed by atoms with Crippen molar-refractivity contribution in [3.63, 3.8) is 0 Å². The van der Waals surface area contributed by atoms with E-state index in [0.717, 1.165) is 28.0 Å². The average molecular weight is 370 g/mol. The highest BCUT2D eigenvalue weighted by molar-refractivity contribution is 5.89. The van der Waals surface area contributed by atoms with Gasteiger partial charge in [0.25, 0.3) is 0 Å². The van der Waals surface area contributed by atoms with E-state index in [4.69, 9.17) is 4.74 Å². The second-order valence-corrected chi connectivity index (χ2v) is 6.73. The molecule has 0 unspecified atom stereocenters. The van der Waals surface area contributed by atoms with Gasteiger partial charge in [-0.25, -0.2) is 19.2 Å². The largest absolute Gasteiger partial charge is 0.485 e. The first kappa shape index (κ1) is 16.4. The van der Waals surface area contributed by atoms with Crippen LogP contribution in [0.2, 0.25) is 0 Å². The first-order chi connectivity index (χ1) is 13.7. The van der Waals surface area contributed by atoms with Crippen LogP contribution in [0.4, 0.5) is 0 Å². The number of ether oxygens (including phenoxy) is 1. The van der Waals surface area contributed by atoms with E-state index < -0.39 is 0 Å². The van der Waals surface area contributed by atoms with Crippen LogP contribution in [-0.2, 0) is 6.61 Å². The first-order valence-corrected chi connectivity index (χ1v) is 9.02. The molecule has 0 aliphatic heterocycles. The Hall–Kier alpha value is -3.74. The van der Waals surface area contributed by atoms with Crippen molar-refractivity contribution < 1.29 is 4.74 Å². The Kier molecular flexibility index (Phi) is 3.79. The van der Waals surface area contributed by atoms with Gasteiger partial charge in [0.05, 0.1) is 17.3 Å². The molecular weight excluding hydrogens is 352 g/mol. The lowest BCUT2D eigenvalue weighted by atomic mass is 10.2. The van der Waals surface area contributed by atoms with E-state index in [-0.39, 0.29) is 0 Å². The van der Waals surface area contributed by atoms with Gasteiger partial charge in [-0.15, -0.1) is 5.10 Å². The molecule has 0 fully saturated rings. The van der Waals surface area contributed by atoms with Crippen molar-refractivity contribution in [2.24, 2.45) is 0 Å². The van der Waals surface area contributed by atoms with Gasteiger partial charge in [-0.05, 0) is 43.2 Å². The van der Waals surface area contributed by atoms with Crippen LogP contribution in [0.25, 0.3) is 22.4 Å². The van der Waals surface area contributed by atoms with Crippen molar-refractivity contribution in [2.45, 2.75) is 20.5 Å². The van der Waals surface area contributed by atoms with Crippen molar-refractivity contribution in [3.05, 3.63) is 78.0 Å². The molecule has 0 aliphatic rings. The molecule has 5 aromatic rings. The fourth-order valence-electron chi connectivity index (χ4n) is 3.24. The van der Waals surface area contributed by atoms with Crippen LogP contribution in [0, 0.1) is 13.8 Å². The number of rotatable bonds is 4. The highest BCUT2D eigenvalue weighted by Crippen LogP contribution is 2.21. The van der Waals surface area contributed by atoms with E-state index >= 15 is 0 Å². The topological polar surface area (TPSA) is 70.1 Å². The van der Waals surface area contributed by atoms with Crippen LogP contribution < -0.4 is 4.74 Å². The van der Waals surface area contributed by atoms with E-state index in [2.05, 4.69) is 39.2 Å². The monoisotopic (exact) mass is 370 g/mol. The standard InChI is InChI=1S/C21H18N6O/c1-14-6-5-8-16(10-14)27-20-17(11-23-27)21-24-19(25-26(21)13-22-20)12-28-18-9-4-3-7-15(18)2/h3-11,13H,12H2,1-2H3. The molecule has 5 rings (SSSR count). The Morgan fingerprint density at radius 2 is 1.89 bits per heavy atom. The highest BCUT2D eigenvalue weighted by atomic mass is 16.5. The van der Waals surface area contributed by atoms with E-state index in [1.807, 2.05) is 48.0 Å². The van der Waals surface area contributed by atoms with Crippen molar-refractivity contribution in [3.8, 4) is 11.4 Å². The zero-order valence-electron chi connectivity index (χ0n) is 15.6. The van der Waals surface area contributed by atoms with Crippen molar-refractivity contribution in [1.82, 2.24) is 29.4 Å². The quantitative estimate of drug-likeness (QED) is 0.483. The Bertz CT molecular complexity index is 1300. The zero-order chi connectivity index (χ0) is 19.1. The SMILES string of the molecule is Cc1cccc(-n2ncc3c2ncn2nc(COc4ccccc4C)nc32)c1.